The minimum Gasteiger partial charge on any atom is -0.305 e. The molecule has 5 heteroatoms. The molecule has 106 valence electrons. The van der Waals surface area contributed by atoms with Crippen molar-refractivity contribution in [2.24, 2.45) is 0 Å². The van der Waals surface area contributed by atoms with Crippen molar-refractivity contribution in [3.8, 4) is 11.3 Å². The summed E-state index contributed by atoms with van der Waals surface area (Å²) in [6, 6.07) is 16.1. The number of rotatable bonds is 5. The van der Waals surface area contributed by atoms with Gasteiger partial charge in [-0.3, -0.25) is 4.98 Å². The van der Waals surface area contributed by atoms with Crippen LogP contribution in [0.2, 0.25) is 0 Å². The molecule has 2 N–H and O–H groups in total. The molecule has 0 saturated carbocycles. The molecule has 5 nitrogen and oxygen atoms in total. The molecule has 0 fully saturated rings. The number of hydrogen-bond donors (Lipinski definition) is 2. The minimum atomic E-state index is 0.649. The molecule has 21 heavy (non-hydrogen) atoms. The van der Waals surface area contributed by atoms with E-state index in [1.54, 1.807) is 0 Å². The standard InChI is InChI=1S/C16H17N5/c1-12-6-5-9-14(18-12)10-17-11-15-16(20-21-19-15)13-7-3-2-4-8-13/h2-9,17H,10-11H2,1H3,(H,19,20,21). The second kappa shape index (κ2) is 6.28. The third-order valence-electron chi connectivity index (χ3n) is 3.21. The van der Waals surface area contributed by atoms with Gasteiger partial charge in [0.1, 0.15) is 11.4 Å². The number of aromatic amines is 1. The van der Waals surface area contributed by atoms with Crippen molar-refractivity contribution in [3.63, 3.8) is 0 Å². The first-order chi connectivity index (χ1) is 10.3. The summed E-state index contributed by atoms with van der Waals surface area (Å²) in [6.45, 7) is 3.35. The molecule has 3 rings (SSSR count). The van der Waals surface area contributed by atoms with Crippen molar-refractivity contribution in [1.29, 1.82) is 0 Å². The molecular formula is C16H17N5. The van der Waals surface area contributed by atoms with Gasteiger partial charge in [-0.2, -0.15) is 15.4 Å². The summed E-state index contributed by atoms with van der Waals surface area (Å²) in [5, 5.41) is 14.5. The van der Waals surface area contributed by atoms with Crippen LogP contribution in [-0.2, 0) is 13.1 Å². The van der Waals surface area contributed by atoms with Gasteiger partial charge in [0.25, 0.3) is 0 Å². The molecule has 0 amide bonds. The van der Waals surface area contributed by atoms with E-state index in [9.17, 15) is 0 Å². The topological polar surface area (TPSA) is 66.5 Å². The Morgan fingerprint density at radius 2 is 1.81 bits per heavy atom. The van der Waals surface area contributed by atoms with Gasteiger partial charge in [0.2, 0.25) is 0 Å². The number of benzene rings is 1. The zero-order valence-corrected chi connectivity index (χ0v) is 11.9. The highest BCUT2D eigenvalue weighted by Crippen LogP contribution is 2.18. The lowest BCUT2D eigenvalue weighted by Gasteiger charge is -2.04. The molecule has 0 saturated heterocycles. The lowest BCUT2D eigenvalue weighted by atomic mass is 10.1. The number of pyridine rings is 1. The van der Waals surface area contributed by atoms with E-state index in [1.807, 2.05) is 55.5 Å². The normalized spacial score (nSPS) is 10.7. The quantitative estimate of drug-likeness (QED) is 0.753. The summed E-state index contributed by atoms with van der Waals surface area (Å²) < 4.78 is 0. The number of nitrogens with zero attached hydrogens (tertiary/aromatic N) is 3. The molecule has 3 aromatic rings. The van der Waals surface area contributed by atoms with Crippen molar-refractivity contribution >= 4 is 0 Å². The summed E-state index contributed by atoms with van der Waals surface area (Å²) in [5.74, 6) is 0. The van der Waals surface area contributed by atoms with Crippen molar-refractivity contribution < 1.29 is 0 Å². The van der Waals surface area contributed by atoms with E-state index in [2.05, 4.69) is 25.7 Å². The maximum absolute atomic E-state index is 4.47. The van der Waals surface area contributed by atoms with Crippen LogP contribution >= 0.6 is 0 Å². The lowest BCUT2D eigenvalue weighted by molar-refractivity contribution is 0.664. The highest BCUT2D eigenvalue weighted by Gasteiger charge is 2.09. The number of aryl methyl sites for hydroxylation is 1. The first-order valence-corrected chi connectivity index (χ1v) is 6.91. The monoisotopic (exact) mass is 279 g/mol. The second-order valence-corrected chi connectivity index (χ2v) is 4.86. The molecule has 0 aliphatic carbocycles. The maximum Gasteiger partial charge on any atom is 0.117 e. The Balaban J connectivity index is 1.66. The van der Waals surface area contributed by atoms with Crippen molar-refractivity contribution in [2.45, 2.75) is 20.0 Å². The van der Waals surface area contributed by atoms with Gasteiger partial charge in [0.05, 0.1) is 5.69 Å². The van der Waals surface area contributed by atoms with Crippen LogP contribution in [0.15, 0.2) is 48.5 Å². The molecule has 2 aromatic heterocycles. The van der Waals surface area contributed by atoms with Crippen molar-refractivity contribution in [3.05, 3.63) is 65.6 Å². The number of hydrogen-bond acceptors (Lipinski definition) is 4. The average molecular weight is 279 g/mol. The third kappa shape index (κ3) is 3.32. The number of H-pyrrole nitrogens is 1. The van der Waals surface area contributed by atoms with Gasteiger partial charge in [-0.15, -0.1) is 0 Å². The first kappa shape index (κ1) is 13.5. The van der Waals surface area contributed by atoms with Gasteiger partial charge in [-0.1, -0.05) is 36.4 Å². The summed E-state index contributed by atoms with van der Waals surface area (Å²) in [7, 11) is 0. The van der Waals surface area contributed by atoms with Gasteiger partial charge in [0, 0.05) is 24.3 Å². The molecule has 0 atom stereocenters. The van der Waals surface area contributed by atoms with E-state index in [-0.39, 0.29) is 0 Å². The Kier molecular flexibility index (Phi) is 4.02. The van der Waals surface area contributed by atoms with Crippen LogP contribution in [0.5, 0.6) is 0 Å². The van der Waals surface area contributed by atoms with Gasteiger partial charge in [-0.05, 0) is 19.1 Å². The molecule has 0 unspecified atom stereocenters. The number of nitrogens with one attached hydrogen (secondary N) is 2. The average Bonchev–Trinajstić information content (AvgIpc) is 2.97. The zero-order chi connectivity index (χ0) is 14.5. The van der Waals surface area contributed by atoms with Gasteiger partial charge >= 0.3 is 0 Å². The fraction of sp³-hybridized carbons (Fsp3) is 0.188. The van der Waals surface area contributed by atoms with Crippen LogP contribution in [0.25, 0.3) is 11.3 Å². The van der Waals surface area contributed by atoms with Crippen molar-refractivity contribution in [1.82, 2.24) is 25.7 Å². The smallest absolute Gasteiger partial charge is 0.117 e. The van der Waals surface area contributed by atoms with Crippen LogP contribution in [0.4, 0.5) is 0 Å². The molecule has 0 radical (unpaired) electrons. The predicted molar refractivity (Wildman–Crippen MR) is 81.3 cm³/mol. The van der Waals surface area contributed by atoms with Crippen LogP contribution in [0.1, 0.15) is 17.1 Å². The summed E-state index contributed by atoms with van der Waals surface area (Å²) in [5.41, 5.74) is 4.92. The molecule has 1 aromatic carbocycles. The Morgan fingerprint density at radius 1 is 0.952 bits per heavy atom. The van der Waals surface area contributed by atoms with Gasteiger partial charge in [-0.25, -0.2) is 0 Å². The van der Waals surface area contributed by atoms with Crippen LogP contribution in [0, 0.1) is 6.92 Å². The molecule has 0 bridgehead atoms. The highest BCUT2D eigenvalue weighted by atomic mass is 15.3. The third-order valence-corrected chi connectivity index (χ3v) is 3.21. The fourth-order valence-electron chi connectivity index (χ4n) is 2.21. The van der Waals surface area contributed by atoms with Gasteiger partial charge < -0.3 is 5.32 Å². The van der Waals surface area contributed by atoms with Crippen molar-refractivity contribution in [2.75, 3.05) is 0 Å². The highest BCUT2D eigenvalue weighted by molar-refractivity contribution is 5.60. The molecule has 2 heterocycles. The SMILES string of the molecule is Cc1cccc(CNCc2n[nH]nc2-c2ccccc2)n1. The molecule has 0 aliphatic heterocycles. The molecule has 0 spiro atoms. The summed E-state index contributed by atoms with van der Waals surface area (Å²) in [4.78, 5) is 4.47. The summed E-state index contributed by atoms with van der Waals surface area (Å²) >= 11 is 0. The van der Waals surface area contributed by atoms with E-state index < -0.39 is 0 Å². The lowest BCUT2D eigenvalue weighted by Crippen LogP contribution is -2.14. The Hall–Kier alpha value is -2.53. The van der Waals surface area contributed by atoms with E-state index in [0.29, 0.717) is 13.1 Å². The van der Waals surface area contributed by atoms with Gasteiger partial charge in [0.15, 0.2) is 0 Å². The van der Waals surface area contributed by atoms with E-state index in [0.717, 1.165) is 28.3 Å². The van der Waals surface area contributed by atoms with Crippen LogP contribution in [-0.4, -0.2) is 20.4 Å². The van der Waals surface area contributed by atoms with E-state index in [4.69, 9.17) is 0 Å². The molecule has 0 aliphatic rings. The number of aromatic nitrogens is 4. The van der Waals surface area contributed by atoms with E-state index in [1.165, 1.54) is 0 Å². The fourth-order valence-corrected chi connectivity index (χ4v) is 2.21. The first-order valence-electron chi connectivity index (χ1n) is 6.91. The predicted octanol–water partition coefficient (Wildman–Crippen LogP) is 2.46. The van der Waals surface area contributed by atoms with E-state index >= 15 is 0 Å². The van der Waals surface area contributed by atoms with Crippen LogP contribution in [0.3, 0.4) is 0 Å². The largest absolute Gasteiger partial charge is 0.305 e. The Bertz CT molecular complexity index is 705. The Morgan fingerprint density at radius 3 is 2.62 bits per heavy atom. The van der Waals surface area contributed by atoms with Crippen LogP contribution < -0.4 is 5.32 Å². The Labute approximate surface area is 123 Å². The molecular weight excluding hydrogens is 262 g/mol. The zero-order valence-electron chi connectivity index (χ0n) is 11.9. The maximum atomic E-state index is 4.47. The second-order valence-electron chi connectivity index (χ2n) is 4.86. The summed E-state index contributed by atoms with van der Waals surface area (Å²) in [6.07, 6.45) is 0. The minimum absolute atomic E-state index is 0.649.